The number of aromatic hydroxyl groups is 1. The summed E-state index contributed by atoms with van der Waals surface area (Å²) in [6, 6.07) is 5.77. The maximum absolute atomic E-state index is 9.77. The lowest BCUT2D eigenvalue weighted by Crippen LogP contribution is -2.11. The normalized spacial score (nSPS) is 12.3. The van der Waals surface area contributed by atoms with E-state index in [-0.39, 0.29) is 5.41 Å². The molecule has 0 amide bonds. The molecule has 0 saturated heterocycles. The van der Waals surface area contributed by atoms with Gasteiger partial charge >= 0.3 is 0 Å². The molecule has 0 atom stereocenters. The Labute approximate surface area is 92.5 Å². The quantitative estimate of drug-likeness (QED) is 0.768. The van der Waals surface area contributed by atoms with Gasteiger partial charge in [0.15, 0.2) is 0 Å². The van der Waals surface area contributed by atoms with Crippen molar-refractivity contribution in [2.45, 2.75) is 39.5 Å². The molecule has 1 aromatic carbocycles. The molecule has 15 heavy (non-hydrogen) atoms. The first kappa shape index (κ1) is 11.8. The molecular formula is C14H20O. The Balaban J connectivity index is 3.11. The summed E-state index contributed by atoms with van der Waals surface area (Å²) >= 11 is 0. The highest BCUT2D eigenvalue weighted by Crippen LogP contribution is 2.31. The van der Waals surface area contributed by atoms with E-state index in [4.69, 9.17) is 0 Å². The summed E-state index contributed by atoms with van der Waals surface area (Å²) in [5, 5.41) is 9.77. The number of hydrogen-bond acceptors (Lipinski definition) is 1. The minimum absolute atomic E-state index is 0.0137. The van der Waals surface area contributed by atoms with E-state index in [9.17, 15) is 5.11 Å². The van der Waals surface area contributed by atoms with Crippen molar-refractivity contribution in [3.8, 4) is 5.75 Å². The first-order chi connectivity index (χ1) is 6.95. The third-order valence-electron chi connectivity index (χ3n) is 2.37. The second-order valence-electron chi connectivity index (χ2n) is 4.84. The molecule has 1 nitrogen and oxygen atoms in total. The number of rotatable bonds is 2. The van der Waals surface area contributed by atoms with Crippen molar-refractivity contribution in [2.24, 2.45) is 0 Å². The van der Waals surface area contributed by atoms with Crippen LogP contribution in [0.2, 0.25) is 0 Å². The summed E-state index contributed by atoms with van der Waals surface area (Å²) in [6.07, 6.45) is 5.25. The molecule has 82 valence electrons. The van der Waals surface area contributed by atoms with Gasteiger partial charge in [-0.1, -0.05) is 45.9 Å². The van der Waals surface area contributed by atoms with Crippen molar-refractivity contribution < 1.29 is 5.11 Å². The molecular weight excluding hydrogens is 184 g/mol. The van der Waals surface area contributed by atoms with Gasteiger partial charge in [0, 0.05) is 0 Å². The molecule has 0 aromatic heterocycles. The van der Waals surface area contributed by atoms with Crippen molar-refractivity contribution in [3.63, 3.8) is 0 Å². The van der Waals surface area contributed by atoms with E-state index in [1.54, 1.807) is 6.07 Å². The Morgan fingerprint density at radius 1 is 1.27 bits per heavy atom. The minimum Gasteiger partial charge on any atom is -0.508 e. The van der Waals surface area contributed by atoms with E-state index in [0.717, 1.165) is 17.5 Å². The fourth-order valence-corrected chi connectivity index (χ4v) is 1.51. The summed E-state index contributed by atoms with van der Waals surface area (Å²) in [5.41, 5.74) is 2.14. The number of allylic oxidation sites excluding steroid dienone is 1. The van der Waals surface area contributed by atoms with Gasteiger partial charge in [-0.15, -0.1) is 0 Å². The van der Waals surface area contributed by atoms with Crippen molar-refractivity contribution in [2.75, 3.05) is 0 Å². The second-order valence-corrected chi connectivity index (χ2v) is 4.84. The van der Waals surface area contributed by atoms with Crippen LogP contribution in [0.15, 0.2) is 24.3 Å². The van der Waals surface area contributed by atoms with E-state index >= 15 is 0 Å². The summed E-state index contributed by atoms with van der Waals surface area (Å²) in [4.78, 5) is 0. The van der Waals surface area contributed by atoms with Crippen molar-refractivity contribution in [1.29, 1.82) is 0 Å². The Morgan fingerprint density at radius 2 is 1.93 bits per heavy atom. The van der Waals surface area contributed by atoms with Gasteiger partial charge in [-0.05, 0) is 35.1 Å². The maximum atomic E-state index is 9.77. The fourth-order valence-electron chi connectivity index (χ4n) is 1.51. The van der Waals surface area contributed by atoms with Gasteiger partial charge in [0.05, 0.1) is 0 Å². The fraction of sp³-hybridized carbons (Fsp3) is 0.429. The van der Waals surface area contributed by atoms with E-state index in [2.05, 4.69) is 45.9 Å². The SMILES string of the molecule is CCC=Cc1ccc(O)c(C(C)(C)C)c1. The van der Waals surface area contributed by atoms with Crippen LogP contribution >= 0.6 is 0 Å². The zero-order chi connectivity index (χ0) is 11.5. The lowest BCUT2D eigenvalue weighted by molar-refractivity contribution is 0.446. The largest absolute Gasteiger partial charge is 0.508 e. The molecule has 0 aliphatic rings. The van der Waals surface area contributed by atoms with E-state index < -0.39 is 0 Å². The summed E-state index contributed by atoms with van der Waals surface area (Å²) < 4.78 is 0. The molecule has 1 aromatic rings. The summed E-state index contributed by atoms with van der Waals surface area (Å²) in [7, 11) is 0. The van der Waals surface area contributed by atoms with Crippen LogP contribution in [0.3, 0.4) is 0 Å². The van der Waals surface area contributed by atoms with Gasteiger partial charge in [-0.3, -0.25) is 0 Å². The van der Waals surface area contributed by atoms with Crippen LogP contribution in [0.1, 0.15) is 45.2 Å². The van der Waals surface area contributed by atoms with Crippen LogP contribution in [-0.4, -0.2) is 5.11 Å². The van der Waals surface area contributed by atoms with Crippen molar-refractivity contribution in [1.82, 2.24) is 0 Å². The third-order valence-corrected chi connectivity index (χ3v) is 2.37. The Hall–Kier alpha value is -1.24. The molecule has 0 unspecified atom stereocenters. The van der Waals surface area contributed by atoms with Gasteiger partial charge in [0.25, 0.3) is 0 Å². The Morgan fingerprint density at radius 3 is 2.47 bits per heavy atom. The number of benzene rings is 1. The van der Waals surface area contributed by atoms with Gasteiger partial charge in [-0.2, -0.15) is 0 Å². The molecule has 0 radical (unpaired) electrons. The predicted molar refractivity (Wildman–Crippen MR) is 66.1 cm³/mol. The van der Waals surface area contributed by atoms with Gasteiger partial charge in [-0.25, -0.2) is 0 Å². The molecule has 0 bridgehead atoms. The predicted octanol–water partition coefficient (Wildman–Crippen LogP) is 4.11. The van der Waals surface area contributed by atoms with Crippen LogP contribution in [0.25, 0.3) is 6.08 Å². The standard InChI is InChI=1S/C14H20O/c1-5-6-7-11-8-9-13(15)12(10-11)14(2,3)4/h6-10,15H,5H2,1-4H3. The number of phenolic OH excluding ortho intramolecular Hbond substituents is 1. The van der Waals surface area contributed by atoms with Crippen LogP contribution in [0, 0.1) is 0 Å². The number of hydrogen-bond donors (Lipinski definition) is 1. The first-order valence-electron chi connectivity index (χ1n) is 5.45. The minimum atomic E-state index is -0.0137. The highest BCUT2D eigenvalue weighted by atomic mass is 16.3. The van der Waals surface area contributed by atoms with Crippen LogP contribution in [0.4, 0.5) is 0 Å². The van der Waals surface area contributed by atoms with Crippen LogP contribution < -0.4 is 0 Å². The van der Waals surface area contributed by atoms with Crippen LogP contribution in [0.5, 0.6) is 5.75 Å². The zero-order valence-electron chi connectivity index (χ0n) is 10.0. The molecule has 1 N–H and O–H groups in total. The third kappa shape index (κ3) is 3.12. The number of phenols is 1. The monoisotopic (exact) mass is 204 g/mol. The maximum Gasteiger partial charge on any atom is 0.119 e. The van der Waals surface area contributed by atoms with Crippen molar-refractivity contribution in [3.05, 3.63) is 35.4 Å². The average molecular weight is 204 g/mol. The lowest BCUT2D eigenvalue weighted by atomic mass is 9.85. The lowest BCUT2D eigenvalue weighted by Gasteiger charge is -2.20. The first-order valence-corrected chi connectivity index (χ1v) is 5.45. The summed E-state index contributed by atoms with van der Waals surface area (Å²) in [6.45, 7) is 8.43. The van der Waals surface area contributed by atoms with Gasteiger partial charge in [0.2, 0.25) is 0 Å². The summed E-state index contributed by atoms with van der Waals surface area (Å²) in [5.74, 6) is 0.385. The Kier molecular flexibility index (Phi) is 3.57. The second kappa shape index (κ2) is 4.52. The van der Waals surface area contributed by atoms with Gasteiger partial charge < -0.3 is 5.11 Å². The molecule has 1 heteroatoms. The van der Waals surface area contributed by atoms with E-state index in [1.165, 1.54) is 0 Å². The Bertz CT molecular complexity index is 356. The van der Waals surface area contributed by atoms with Gasteiger partial charge in [0.1, 0.15) is 5.75 Å². The zero-order valence-corrected chi connectivity index (χ0v) is 10.0. The molecule has 0 aliphatic heterocycles. The molecule has 0 fully saturated rings. The molecule has 1 rings (SSSR count). The van der Waals surface area contributed by atoms with Crippen LogP contribution in [-0.2, 0) is 5.41 Å². The molecule has 0 aliphatic carbocycles. The molecule has 0 heterocycles. The van der Waals surface area contributed by atoms with E-state index in [1.807, 2.05) is 6.07 Å². The highest BCUT2D eigenvalue weighted by Gasteiger charge is 2.17. The smallest absolute Gasteiger partial charge is 0.119 e. The van der Waals surface area contributed by atoms with E-state index in [0.29, 0.717) is 5.75 Å². The average Bonchev–Trinajstić information content (AvgIpc) is 2.15. The van der Waals surface area contributed by atoms with Crippen molar-refractivity contribution >= 4 is 6.08 Å². The topological polar surface area (TPSA) is 20.2 Å². The highest BCUT2D eigenvalue weighted by molar-refractivity contribution is 5.54. The molecule has 0 spiro atoms. The molecule has 0 saturated carbocycles.